The van der Waals surface area contributed by atoms with E-state index in [1.165, 1.54) is 25.3 Å². The van der Waals surface area contributed by atoms with E-state index in [9.17, 15) is 18.8 Å². The van der Waals surface area contributed by atoms with E-state index < -0.39 is 23.4 Å². The molecule has 4 bridgehead atoms. The Labute approximate surface area is 216 Å². The predicted molar refractivity (Wildman–Crippen MR) is 134 cm³/mol. The quantitative estimate of drug-likeness (QED) is 0.359. The van der Waals surface area contributed by atoms with Crippen molar-refractivity contribution in [2.24, 2.45) is 23.2 Å². The van der Waals surface area contributed by atoms with Crippen molar-refractivity contribution in [3.8, 4) is 0 Å². The van der Waals surface area contributed by atoms with Crippen molar-refractivity contribution in [2.75, 3.05) is 6.54 Å². The lowest BCUT2D eigenvalue weighted by Crippen LogP contribution is -2.51. The maximum absolute atomic E-state index is 14.5. The molecule has 2 amide bonds. The van der Waals surface area contributed by atoms with Gasteiger partial charge in [0.15, 0.2) is 17.0 Å². The molecule has 0 unspecified atom stereocenters. The SMILES string of the molecule is O=C(NCc1ccc2oc(=O)[nH]c2c1)c1cc(C(=O)NCC23CC4CC(CC(C4)C2)C3)n2ncc(F)c2n1. The number of nitrogens with zero attached hydrogens (tertiary/aromatic N) is 3. The van der Waals surface area contributed by atoms with Gasteiger partial charge in [0.1, 0.15) is 11.4 Å². The van der Waals surface area contributed by atoms with Gasteiger partial charge >= 0.3 is 5.76 Å². The Morgan fingerprint density at radius 2 is 1.82 bits per heavy atom. The van der Waals surface area contributed by atoms with Crippen LogP contribution in [-0.2, 0) is 6.54 Å². The lowest BCUT2D eigenvalue weighted by Gasteiger charge is -2.56. The molecule has 4 aliphatic rings. The third-order valence-corrected chi connectivity index (χ3v) is 8.62. The van der Waals surface area contributed by atoms with Crippen molar-refractivity contribution in [1.82, 2.24) is 30.2 Å². The summed E-state index contributed by atoms with van der Waals surface area (Å²) in [6.45, 7) is 0.702. The molecule has 10 nitrogen and oxygen atoms in total. The number of carbonyl (C=O) groups is 2. The number of amides is 2. The van der Waals surface area contributed by atoms with Crippen LogP contribution in [-0.4, -0.2) is 37.9 Å². The largest absolute Gasteiger partial charge is 0.417 e. The Balaban J connectivity index is 1.10. The normalized spacial score (nSPS) is 25.8. The van der Waals surface area contributed by atoms with E-state index in [0.29, 0.717) is 23.2 Å². The van der Waals surface area contributed by atoms with Crippen LogP contribution >= 0.6 is 0 Å². The molecule has 3 aromatic heterocycles. The topological polar surface area (TPSA) is 134 Å². The van der Waals surface area contributed by atoms with Gasteiger partial charge in [-0.3, -0.25) is 14.6 Å². The molecular formula is C27H27FN6O4. The minimum atomic E-state index is -0.718. The molecule has 3 N–H and O–H groups in total. The first-order valence-electron chi connectivity index (χ1n) is 13.1. The van der Waals surface area contributed by atoms with Crippen LogP contribution in [0, 0.1) is 29.0 Å². The molecule has 38 heavy (non-hydrogen) atoms. The summed E-state index contributed by atoms with van der Waals surface area (Å²) < 4.78 is 20.6. The molecule has 4 fully saturated rings. The number of halogens is 1. The highest BCUT2D eigenvalue weighted by Gasteiger charge is 2.50. The van der Waals surface area contributed by atoms with E-state index >= 15 is 0 Å². The first kappa shape index (κ1) is 23.1. The molecule has 1 aromatic carbocycles. The second kappa shape index (κ2) is 8.50. The third-order valence-electron chi connectivity index (χ3n) is 8.62. The summed E-state index contributed by atoms with van der Waals surface area (Å²) in [5.41, 5.74) is 1.56. The van der Waals surface area contributed by atoms with Gasteiger partial charge in [-0.25, -0.2) is 18.7 Å². The molecule has 4 aromatic rings. The fourth-order valence-corrected chi connectivity index (χ4v) is 7.46. The maximum Gasteiger partial charge on any atom is 0.417 e. The van der Waals surface area contributed by atoms with Crippen LogP contribution in [0.3, 0.4) is 0 Å². The van der Waals surface area contributed by atoms with Crippen LogP contribution in [0.15, 0.2) is 39.7 Å². The molecule has 8 rings (SSSR count). The van der Waals surface area contributed by atoms with Crippen LogP contribution in [0.25, 0.3) is 16.7 Å². The van der Waals surface area contributed by atoms with Crippen LogP contribution in [0.4, 0.5) is 4.39 Å². The van der Waals surface area contributed by atoms with Gasteiger partial charge in [0, 0.05) is 19.2 Å². The number of benzene rings is 1. The zero-order chi connectivity index (χ0) is 26.0. The first-order chi connectivity index (χ1) is 18.3. The van der Waals surface area contributed by atoms with Gasteiger partial charge in [-0.2, -0.15) is 5.10 Å². The lowest BCUT2D eigenvalue weighted by molar-refractivity contribution is -0.0503. The van der Waals surface area contributed by atoms with Crippen molar-refractivity contribution < 1.29 is 18.4 Å². The predicted octanol–water partition coefficient (Wildman–Crippen LogP) is 3.18. The van der Waals surface area contributed by atoms with E-state index in [1.54, 1.807) is 18.2 Å². The molecule has 4 aliphatic carbocycles. The van der Waals surface area contributed by atoms with Gasteiger partial charge in [0.05, 0.1) is 11.7 Å². The number of hydrogen-bond donors (Lipinski definition) is 3. The number of oxazole rings is 1. The summed E-state index contributed by atoms with van der Waals surface area (Å²) in [7, 11) is 0. The summed E-state index contributed by atoms with van der Waals surface area (Å²) in [4.78, 5) is 44.4. The summed E-state index contributed by atoms with van der Waals surface area (Å²) in [6.07, 6.45) is 8.38. The van der Waals surface area contributed by atoms with Crippen molar-refractivity contribution in [1.29, 1.82) is 0 Å². The molecule has 0 radical (unpaired) electrons. The molecule has 0 atom stereocenters. The van der Waals surface area contributed by atoms with Gasteiger partial charge in [0.2, 0.25) is 0 Å². The van der Waals surface area contributed by atoms with Gasteiger partial charge in [-0.1, -0.05) is 6.07 Å². The fraction of sp³-hybridized carbons (Fsp3) is 0.444. The molecule has 0 aliphatic heterocycles. The molecule has 11 heteroatoms. The first-order valence-corrected chi connectivity index (χ1v) is 13.1. The van der Waals surface area contributed by atoms with E-state index in [-0.39, 0.29) is 29.0 Å². The minimum absolute atomic E-state index is 0.0613. The number of rotatable bonds is 6. The van der Waals surface area contributed by atoms with Crippen LogP contribution in [0.2, 0.25) is 0 Å². The van der Waals surface area contributed by atoms with Crippen molar-refractivity contribution in [3.63, 3.8) is 0 Å². The van der Waals surface area contributed by atoms with Crippen molar-refractivity contribution >= 4 is 28.6 Å². The standard InChI is InChI=1S/C27H27FN6O4/c28-18-12-31-34-21(25(36)30-13-27-8-15-3-16(9-27)5-17(4-15)10-27)7-20(32-23(18)34)24(35)29-11-14-1-2-22-19(6-14)33-26(37)38-22/h1-2,6-7,12,15-17H,3-5,8-11,13H2,(H,29,35)(H,30,36)(H,33,37). The Morgan fingerprint density at radius 3 is 2.55 bits per heavy atom. The van der Waals surface area contributed by atoms with Crippen molar-refractivity contribution in [2.45, 2.75) is 45.1 Å². The molecule has 3 heterocycles. The van der Waals surface area contributed by atoms with Crippen LogP contribution in [0.5, 0.6) is 0 Å². The number of aromatic amines is 1. The molecule has 0 spiro atoms. The van der Waals surface area contributed by atoms with Crippen LogP contribution in [0.1, 0.15) is 65.1 Å². The summed E-state index contributed by atoms with van der Waals surface area (Å²) in [6, 6.07) is 6.39. The molecular weight excluding hydrogens is 491 g/mol. The Kier molecular flexibility index (Phi) is 5.17. The van der Waals surface area contributed by atoms with E-state index in [0.717, 1.165) is 47.7 Å². The second-order valence-corrected chi connectivity index (χ2v) is 11.4. The number of H-pyrrole nitrogens is 1. The highest BCUT2D eigenvalue weighted by Crippen LogP contribution is 2.59. The fourth-order valence-electron chi connectivity index (χ4n) is 7.46. The maximum atomic E-state index is 14.5. The minimum Gasteiger partial charge on any atom is -0.408 e. The van der Waals surface area contributed by atoms with E-state index in [2.05, 4.69) is 25.7 Å². The zero-order valence-electron chi connectivity index (χ0n) is 20.6. The Morgan fingerprint density at radius 1 is 1.08 bits per heavy atom. The lowest BCUT2D eigenvalue weighted by atomic mass is 9.49. The van der Waals surface area contributed by atoms with Crippen LogP contribution < -0.4 is 16.4 Å². The zero-order valence-corrected chi connectivity index (χ0v) is 20.6. The Bertz CT molecular complexity index is 1620. The van der Waals surface area contributed by atoms with E-state index in [4.69, 9.17) is 4.42 Å². The van der Waals surface area contributed by atoms with Crippen molar-refractivity contribution in [3.05, 3.63) is 63.8 Å². The summed E-state index contributed by atoms with van der Waals surface area (Å²) >= 11 is 0. The highest BCUT2D eigenvalue weighted by atomic mass is 19.1. The van der Waals surface area contributed by atoms with Gasteiger partial charge < -0.3 is 15.1 Å². The number of hydrogen-bond acceptors (Lipinski definition) is 6. The number of fused-ring (bicyclic) bond motifs is 2. The number of aromatic nitrogens is 4. The summed E-state index contributed by atoms with van der Waals surface area (Å²) in [5.74, 6) is 0.0330. The average molecular weight is 519 g/mol. The second-order valence-electron chi connectivity index (χ2n) is 11.4. The average Bonchev–Trinajstić information content (AvgIpc) is 3.45. The number of carbonyl (C=O) groups excluding carboxylic acids is 2. The monoisotopic (exact) mass is 518 g/mol. The number of nitrogens with one attached hydrogen (secondary N) is 3. The molecule has 196 valence electrons. The molecule has 4 saturated carbocycles. The molecule has 0 saturated heterocycles. The Hall–Kier alpha value is -4.02. The van der Waals surface area contributed by atoms with E-state index in [1.807, 2.05) is 0 Å². The summed E-state index contributed by atoms with van der Waals surface area (Å²) in [5, 5.41) is 9.81. The van der Waals surface area contributed by atoms with Gasteiger partial charge in [0.25, 0.3) is 11.8 Å². The van der Waals surface area contributed by atoms with Gasteiger partial charge in [-0.15, -0.1) is 0 Å². The highest BCUT2D eigenvalue weighted by molar-refractivity contribution is 5.98. The van der Waals surface area contributed by atoms with Gasteiger partial charge in [-0.05, 0) is 79.4 Å². The third kappa shape index (κ3) is 3.97. The smallest absolute Gasteiger partial charge is 0.408 e.